The molecule has 198 valence electrons. The van der Waals surface area contributed by atoms with Gasteiger partial charge in [-0.05, 0) is 68.0 Å². The Labute approximate surface area is 215 Å². The second kappa shape index (κ2) is 11.6. The number of ketones is 1. The van der Waals surface area contributed by atoms with Crippen LogP contribution in [0.3, 0.4) is 0 Å². The molecule has 9 heteroatoms. The third-order valence-electron chi connectivity index (χ3n) is 7.38. The van der Waals surface area contributed by atoms with Crippen molar-refractivity contribution in [2.45, 2.75) is 43.7 Å². The zero-order valence-electron chi connectivity index (χ0n) is 20.8. The van der Waals surface area contributed by atoms with Gasteiger partial charge in [0.05, 0.1) is 6.04 Å². The fourth-order valence-electron chi connectivity index (χ4n) is 5.30. The molecular weight excluding hydrogens is 479 g/mol. The van der Waals surface area contributed by atoms with Crippen LogP contribution in [0, 0.1) is 5.82 Å². The third kappa shape index (κ3) is 5.95. The predicted molar refractivity (Wildman–Crippen MR) is 134 cm³/mol. The largest absolute Gasteiger partial charge is 0.486 e. The summed E-state index contributed by atoms with van der Waals surface area (Å²) in [5.74, 6) is -1.50. The van der Waals surface area contributed by atoms with Crippen LogP contribution in [0.4, 0.5) is 4.39 Å². The summed E-state index contributed by atoms with van der Waals surface area (Å²) in [5.41, 5.74) is 1.66. The molecule has 2 aromatic carbocycles. The molecule has 2 aromatic rings. The number of aliphatic hydroxyl groups excluding tert-OH is 1. The summed E-state index contributed by atoms with van der Waals surface area (Å²) in [4.78, 5) is 28.1. The van der Waals surface area contributed by atoms with Crippen LogP contribution in [-0.4, -0.2) is 73.8 Å². The average Bonchev–Trinajstić information content (AvgIpc) is 3.45. The molecule has 0 saturated carbocycles. The molecule has 0 radical (unpaired) electrons. The molecule has 37 heavy (non-hydrogen) atoms. The van der Waals surface area contributed by atoms with E-state index in [4.69, 9.17) is 14.2 Å². The number of hydrogen-bond acceptors (Lipinski definition) is 7. The van der Waals surface area contributed by atoms with Gasteiger partial charge < -0.3 is 29.5 Å². The zero-order chi connectivity index (χ0) is 25.8. The lowest BCUT2D eigenvalue weighted by molar-refractivity contribution is -0.118. The van der Waals surface area contributed by atoms with Gasteiger partial charge in [0, 0.05) is 25.3 Å². The van der Waals surface area contributed by atoms with Gasteiger partial charge in [0.15, 0.2) is 17.3 Å². The molecule has 0 aliphatic carbocycles. The molecule has 5 rings (SSSR count). The van der Waals surface area contributed by atoms with E-state index in [1.807, 2.05) is 12.1 Å². The molecule has 0 unspecified atom stereocenters. The van der Waals surface area contributed by atoms with Crippen molar-refractivity contribution in [3.63, 3.8) is 0 Å². The first-order valence-corrected chi connectivity index (χ1v) is 13.0. The summed E-state index contributed by atoms with van der Waals surface area (Å²) in [7, 11) is 0. The molecule has 0 bridgehead atoms. The van der Waals surface area contributed by atoms with E-state index in [1.165, 1.54) is 12.1 Å². The first kappa shape index (κ1) is 25.6. The molecule has 1 amide bonds. The van der Waals surface area contributed by atoms with Crippen molar-refractivity contribution in [3.05, 3.63) is 58.9 Å². The second-order valence-corrected chi connectivity index (χ2v) is 9.90. The number of rotatable bonds is 8. The van der Waals surface area contributed by atoms with E-state index < -0.39 is 29.7 Å². The Morgan fingerprint density at radius 3 is 2.46 bits per heavy atom. The van der Waals surface area contributed by atoms with Gasteiger partial charge in [-0.1, -0.05) is 24.3 Å². The normalized spacial score (nSPS) is 19.8. The van der Waals surface area contributed by atoms with Crippen molar-refractivity contribution < 1.29 is 33.3 Å². The van der Waals surface area contributed by atoms with Crippen molar-refractivity contribution in [1.29, 1.82) is 0 Å². The van der Waals surface area contributed by atoms with Crippen LogP contribution in [0.15, 0.2) is 36.4 Å². The molecule has 3 heterocycles. The van der Waals surface area contributed by atoms with Gasteiger partial charge in [0.2, 0.25) is 5.78 Å². The van der Waals surface area contributed by atoms with Crippen LogP contribution in [0.1, 0.15) is 59.2 Å². The smallest absolute Gasteiger partial charge is 0.292 e. The summed E-state index contributed by atoms with van der Waals surface area (Å²) >= 11 is 0. The lowest BCUT2D eigenvalue weighted by Gasteiger charge is -2.29. The van der Waals surface area contributed by atoms with Crippen molar-refractivity contribution in [3.8, 4) is 11.5 Å². The van der Waals surface area contributed by atoms with Crippen LogP contribution in [0.25, 0.3) is 0 Å². The summed E-state index contributed by atoms with van der Waals surface area (Å²) < 4.78 is 30.9. The van der Waals surface area contributed by atoms with Gasteiger partial charge in [0.1, 0.15) is 19.3 Å². The Balaban J connectivity index is 1.31. The minimum Gasteiger partial charge on any atom is -0.486 e. The fourth-order valence-corrected chi connectivity index (χ4v) is 5.30. The number of fused-ring (bicyclic) bond motifs is 1. The van der Waals surface area contributed by atoms with Gasteiger partial charge in [-0.15, -0.1) is 0 Å². The summed E-state index contributed by atoms with van der Waals surface area (Å²) in [6.45, 7) is 3.97. The highest BCUT2D eigenvalue weighted by Gasteiger charge is 2.31. The van der Waals surface area contributed by atoms with Crippen LogP contribution < -0.4 is 14.8 Å². The minimum absolute atomic E-state index is 0.0155. The summed E-state index contributed by atoms with van der Waals surface area (Å²) in [6.07, 6.45) is 2.66. The Morgan fingerprint density at radius 2 is 1.73 bits per heavy atom. The Kier molecular flexibility index (Phi) is 8.02. The number of ether oxygens (including phenoxy) is 3. The number of Topliss-reactive ketones (excluding diaryl/α,β-unsaturated/α-hetero) is 1. The third-order valence-corrected chi connectivity index (χ3v) is 7.38. The van der Waals surface area contributed by atoms with Crippen LogP contribution >= 0.6 is 0 Å². The first-order valence-electron chi connectivity index (χ1n) is 13.0. The number of hydrogen-bond donors (Lipinski definition) is 2. The van der Waals surface area contributed by atoms with Crippen molar-refractivity contribution in [2.75, 3.05) is 46.1 Å². The molecule has 8 nitrogen and oxygen atoms in total. The molecule has 2 saturated heterocycles. The molecule has 2 N–H and O–H groups in total. The maximum absolute atomic E-state index is 14.7. The first-order chi connectivity index (χ1) is 18.0. The summed E-state index contributed by atoms with van der Waals surface area (Å²) in [6, 6.07) is 9.04. The molecule has 2 atom stereocenters. The lowest BCUT2D eigenvalue weighted by atomic mass is 9.91. The van der Waals surface area contributed by atoms with Gasteiger partial charge in [0.25, 0.3) is 5.91 Å². The number of nitrogens with one attached hydrogen (secondary N) is 1. The predicted octanol–water partition coefficient (Wildman–Crippen LogP) is 2.99. The van der Waals surface area contributed by atoms with E-state index in [2.05, 4.69) is 10.2 Å². The molecule has 0 spiro atoms. The van der Waals surface area contributed by atoms with E-state index in [0.717, 1.165) is 57.6 Å². The molecule has 3 aliphatic heterocycles. The topological polar surface area (TPSA) is 97.3 Å². The maximum atomic E-state index is 14.7. The molecule has 3 aliphatic rings. The highest BCUT2D eigenvalue weighted by Crippen LogP contribution is 2.36. The van der Waals surface area contributed by atoms with E-state index in [0.29, 0.717) is 12.5 Å². The Bertz CT molecular complexity index is 1110. The van der Waals surface area contributed by atoms with Gasteiger partial charge in [-0.3, -0.25) is 9.59 Å². The Hall–Kier alpha value is -3.01. The van der Waals surface area contributed by atoms with Crippen LogP contribution in [0.5, 0.6) is 11.5 Å². The quantitative estimate of drug-likeness (QED) is 0.415. The molecule has 2 fully saturated rings. The number of carbonyl (C=O) groups excluding carboxylic acids is 2. The molecular formula is C28H33FN2O6. The van der Waals surface area contributed by atoms with Crippen molar-refractivity contribution in [2.24, 2.45) is 0 Å². The number of carbonyl (C=O) groups is 2. The van der Waals surface area contributed by atoms with Crippen molar-refractivity contribution >= 4 is 11.7 Å². The number of aliphatic hydroxyl groups is 1. The van der Waals surface area contributed by atoms with Gasteiger partial charge in [-0.25, -0.2) is 4.39 Å². The van der Waals surface area contributed by atoms with E-state index in [-0.39, 0.29) is 35.8 Å². The number of amides is 1. The number of benzene rings is 2. The van der Waals surface area contributed by atoms with Gasteiger partial charge >= 0.3 is 0 Å². The molecule has 0 aromatic heterocycles. The SMILES string of the molecule is O=C(N[C@H](CN1CCCC1)[C@@H](O)c1cc(F)c2c(c1)OCCO2)C(=O)c1ccc(C2CCOCC2)cc1. The monoisotopic (exact) mass is 512 g/mol. The van der Waals surface area contributed by atoms with E-state index in [9.17, 15) is 19.1 Å². The van der Waals surface area contributed by atoms with E-state index >= 15 is 0 Å². The highest BCUT2D eigenvalue weighted by molar-refractivity contribution is 6.42. The lowest BCUT2D eigenvalue weighted by Crippen LogP contribution is -2.48. The standard InChI is InChI=1S/C28H33FN2O6/c29-22-15-21(16-24-27(22)37-14-13-36-24)25(32)23(17-31-9-1-2-10-31)30-28(34)26(33)20-5-3-18(4-6-20)19-7-11-35-12-8-19/h3-6,15-16,19,23,25,32H,1-2,7-14,17H2,(H,30,34)/t23-,25+/m1/s1. The fraction of sp³-hybridized carbons (Fsp3) is 0.500. The minimum atomic E-state index is -1.25. The van der Waals surface area contributed by atoms with E-state index in [1.54, 1.807) is 12.1 Å². The number of halogens is 1. The van der Waals surface area contributed by atoms with Crippen molar-refractivity contribution in [1.82, 2.24) is 10.2 Å². The highest BCUT2D eigenvalue weighted by atomic mass is 19.1. The average molecular weight is 513 g/mol. The number of nitrogens with zero attached hydrogens (tertiary/aromatic N) is 1. The van der Waals surface area contributed by atoms with Crippen LogP contribution in [0.2, 0.25) is 0 Å². The number of likely N-dealkylation sites (tertiary alicyclic amines) is 1. The van der Waals surface area contributed by atoms with Crippen LogP contribution in [-0.2, 0) is 9.53 Å². The van der Waals surface area contributed by atoms with Gasteiger partial charge in [-0.2, -0.15) is 0 Å². The maximum Gasteiger partial charge on any atom is 0.292 e. The Morgan fingerprint density at radius 1 is 1.03 bits per heavy atom. The second-order valence-electron chi connectivity index (χ2n) is 9.90. The summed E-state index contributed by atoms with van der Waals surface area (Å²) in [5, 5.41) is 13.9. The zero-order valence-corrected chi connectivity index (χ0v) is 20.8.